The highest BCUT2D eigenvalue weighted by Gasteiger charge is 2.19. The second-order valence-corrected chi connectivity index (χ2v) is 5.99. The standard InChI is InChI=1S/C16H26N2O/c1-16(2,13-19-3)17-12-14-8-4-5-9-15(14)18-10-6-7-11-18/h4-5,8-9,17H,6-7,10-13H2,1-3H3. The highest BCUT2D eigenvalue weighted by atomic mass is 16.5. The van der Waals surface area contributed by atoms with Crippen molar-refractivity contribution < 1.29 is 4.74 Å². The van der Waals surface area contributed by atoms with E-state index in [1.54, 1.807) is 7.11 Å². The van der Waals surface area contributed by atoms with Crippen LogP contribution in [0.3, 0.4) is 0 Å². The highest BCUT2D eigenvalue weighted by molar-refractivity contribution is 5.54. The predicted molar refractivity (Wildman–Crippen MR) is 80.7 cm³/mol. The molecule has 1 fully saturated rings. The van der Waals surface area contributed by atoms with Crippen molar-refractivity contribution in [2.45, 2.75) is 38.8 Å². The van der Waals surface area contributed by atoms with Crippen molar-refractivity contribution >= 4 is 5.69 Å². The Hall–Kier alpha value is -1.06. The lowest BCUT2D eigenvalue weighted by molar-refractivity contribution is 0.128. The number of para-hydroxylation sites is 1. The maximum absolute atomic E-state index is 5.25. The maximum Gasteiger partial charge on any atom is 0.0639 e. The third-order valence-electron chi connectivity index (χ3n) is 3.70. The molecule has 0 radical (unpaired) electrons. The molecule has 1 N–H and O–H groups in total. The summed E-state index contributed by atoms with van der Waals surface area (Å²) in [7, 11) is 1.75. The van der Waals surface area contributed by atoms with E-state index in [0.717, 1.165) is 13.2 Å². The molecule has 1 aliphatic rings. The molecule has 1 aromatic rings. The van der Waals surface area contributed by atoms with Gasteiger partial charge in [-0.1, -0.05) is 18.2 Å². The average molecular weight is 262 g/mol. The van der Waals surface area contributed by atoms with Crippen LogP contribution in [0.2, 0.25) is 0 Å². The number of methoxy groups -OCH3 is 1. The largest absolute Gasteiger partial charge is 0.383 e. The van der Waals surface area contributed by atoms with Crippen LogP contribution in [0, 0.1) is 0 Å². The summed E-state index contributed by atoms with van der Waals surface area (Å²) in [6.45, 7) is 8.35. The summed E-state index contributed by atoms with van der Waals surface area (Å²) in [6, 6.07) is 8.73. The molecule has 0 atom stereocenters. The first-order chi connectivity index (χ1) is 9.12. The van der Waals surface area contributed by atoms with E-state index in [2.05, 4.69) is 48.3 Å². The molecule has 3 heteroatoms. The number of hydrogen-bond donors (Lipinski definition) is 1. The minimum atomic E-state index is 0.00682. The van der Waals surface area contributed by atoms with Gasteiger partial charge in [0, 0.05) is 38.0 Å². The molecule has 0 unspecified atom stereocenters. The zero-order valence-corrected chi connectivity index (χ0v) is 12.4. The van der Waals surface area contributed by atoms with Gasteiger partial charge < -0.3 is 15.0 Å². The molecule has 1 aromatic carbocycles. The van der Waals surface area contributed by atoms with Crippen LogP contribution >= 0.6 is 0 Å². The van der Waals surface area contributed by atoms with Gasteiger partial charge in [0.25, 0.3) is 0 Å². The average Bonchev–Trinajstić information content (AvgIpc) is 2.90. The van der Waals surface area contributed by atoms with E-state index >= 15 is 0 Å². The molecule has 0 amide bonds. The van der Waals surface area contributed by atoms with Gasteiger partial charge in [0.1, 0.15) is 0 Å². The lowest BCUT2D eigenvalue weighted by Gasteiger charge is -2.27. The molecule has 1 aliphatic heterocycles. The monoisotopic (exact) mass is 262 g/mol. The van der Waals surface area contributed by atoms with Crippen LogP contribution in [-0.4, -0.2) is 32.3 Å². The van der Waals surface area contributed by atoms with Crippen molar-refractivity contribution in [3.05, 3.63) is 29.8 Å². The molecule has 0 saturated carbocycles. The second kappa shape index (κ2) is 6.40. The molecular formula is C16H26N2O. The van der Waals surface area contributed by atoms with E-state index in [4.69, 9.17) is 4.74 Å². The molecule has 106 valence electrons. The Kier molecular flexibility index (Phi) is 4.83. The normalized spacial score (nSPS) is 16.1. The summed E-state index contributed by atoms with van der Waals surface area (Å²) >= 11 is 0. The summed E-state index contributed by atoms with van der Waals surface area (Å²) in [5, 5.41) is 3.59. The Morgan fingerprint density at radius 1 is 1.21 bits per heavy atom. The number of hydrogen-bond acceptors (Lipinski definition) is 3. The van der Waals surface area contributed by atoms with Gasteiger partial charge in [0.15, 0.2) is 0 Å². The Morgan fingerprint density at radius 2 is 1.89 bits per heavy atom. The summed E-state index contributed by atoms with van der Waals surface area (Å²) < 4.78 is 5.25. The predicted octanol–water partition coefficient (Wildman–Crippen LogP) is 2.80. The zero-order valence-electron chi connectivity index (χ0n) is 12.4. The van der Waals surface area contributed by atoms with Crippen LogP contribution in [0.1, 0.15) is 32.3 Å². The fraction of sp³-hybridized carbons (Fsp3) is 0.625. The van der Waals surface area contributed by atoms with Crippen LogP contribution in [0.15, 0.2) is 24.3 Å². The van der Waals surface area contributed by atoms with E-state index in [-0.39, 0.29) is 5.54 Å². The Labute approximate surface area is 116 Å². The molecule has 2 rings (SSSR count). The summed E-state index contributed by atoms with van der Waals surface area (Å²) in [5.74, 6) is 0. The van der Waals surface area contributed by atoms with Gasteiger partial charge in [0.2, 0.25) is 0 Å². The van der Waals surface area contributed by atoms with Gasteiger partial charge in [-0.15, -0.1) is 0 Å². The summed E-state index contributed by atoms with van der Waals surface area (Å²) in [4.78, 5) is 2.50. The summed E-state index contributed by atoms with van der Waals surface area (Å²) in [6.07, 6.45) is 2.63. The first kappa shape index (κ1) is 14.4. The minimum Gasteiger partial charge on any atom is -0.383 e. The first-order valence-corrected chi connectivity index (χ1v) is 7.19. The molecule has 0 spiro atoms. The fourth-order valence-corrected chi connectivity index (χ4v) is 2.67. The number of rotatable bonds is 6. The second-order valence-electron chi connectivity index (χ2n) is 5.99. The van der Waals surface area contributed by atoms with Crippen molar-refractivity contribution in [1.29, 1.82) is 0 Å². The number of anilines is 1. The van der Waals surface area contributed by atoms with Crippen molar-refractivity contribution in [2.24, 2.45) is 0 Å². The molecular weight excluding hydrogens is 236 g/mol. The quantitative estimate of drug-likeness (QED) is 0.853. The van der Waals surface area contributed by atoms with Crippen LogP contribution in [0.25, 0.3) is 0 Å². The minimum absolute atomic E-state index is 0.00682. The Morgan fingerprint density at radius 3 is 2.58 bits per heavy atom. The van der Waals surface area contributed by atoms with Crippen molar-refractivity contribution in [1.82, 2.24) is 5.32 Å². The topological polar surface area (TPSA) is 24.5 Å². The lowest BCUT2D eigenvalue weighted by atomic mass is 10.1. The van der Waals surface area contributed by atoms with E-state index in [1.165, 1.54) is 37.2 Å². The van der Waals surface area contributed by atoms with Crippen molar-refractivity contribution in [3.63, 3.8) is 0 Å². The van der Waals surface area contributed by atoms with Gasteiger partial charge in [0.05, 0.1) is 6.61 Å². The van der Waals surface area contributed by atoms with Gasteiger partial charge >= 0.3 is 0 Å². The summed E-state index contributed by atoms with van der Waals surface area (Å²) in [5.41, 5.74) is 2.78. The van der Waals surface area contributed by atoms with Crippen molar-refractivity contribution in [2.75, 3.05) is 31.7 Å². The third-order valence-corrected chi connectivity index (χ3v) is 3.70. The molecule has 1 heterocycles. The molecule has 0 aromatic heterocycles. The third kappa shape index (κ3) is 3.95. The maximum atomic E-state index is 5.25. The first-order valence-electron chi connectivity index (χ1n) is 7.19. The zero-order chi connectivity index (χ0) is 13.7. The van der Waals surface area contributed by atoms with Crippen LogP contribution in [-0.2, 0) is 11.3 Å². The molecule has 3 nitrogen and oxygen atoms in total. The van der Waals surface area contributed by atoms with Gasteiger partial charge in [-0.05, 0) is 38.3 Å². The van der Waals surface area contributed by atoms with E-state index in [1.807, 2.05) is 0 Å². The van der Waals surface area contributed by atoms with E-state index < -0.39 is 0 Å². The van der Waals surface area contributed by atoms with Gasteiger partial charge in [-0.25, -0.2) is 0 Å². The number of ether oxygens (including phenoxy) is 1. The number of nitrogens with one attached hydrogen (secondary N) is 1. The smallest absolute Gasteiger partial charge is 0.0639 e. The van der Waals surface area contributed by atoms with E-state index in [0.29, 0.717) is 0 Å². The SMILES string of the molecule is COCC(C)(C)NCc1ccccc1N1CCCC1. The van der Waals surface area contributed by atoms with E-state index in [9.17, 15) is 0 Å². The molecule has 1 saturated heterocycles. The van der Waals surface area contributed by atoms with Crippen LogP contribution in [0.4, 0.5) is 5.69 Å². The molecule has 0 bridgehead atoms. The molecule has 0 aliphatic carbocycles. The van der Waals surface area contributed by atoms with Gasteiger partial charge in [-0.2, -0.15) is 0 Å². The Bertz CT molecular complexity index is 397. The fourth-order valence-electron chi connectivity index (χ4n) is 2.67. The Balaban J connectivity index is 2.03. The number of nitrogens with zero attached hydrogens (tertiary/aromatic N) is 1. The van der Waals surface area contributed by atoms with Crippen LogP contribution < -0.4 is 10.2 Å². The highest BCUT2D eigenvalue weighted by Crippen LogP contribution is 2.24. The lowest BCUT2D eigenvalue weighted by Crippen LogP contribution is -2.43. The van der Waals surface area contributed by atoms with Crippen LogP contribution in [0.5, 0.6) is 0 Å². The van der Waals surface area contributed by atoms with Gasteiger partial charge in [-0.3, -0.25) is 0 Å². The van der Waals surface area contributed by atoms with Crippen molar-refractivity contribution in [3.8, 4) is 0 Å². The number of benzene rings is 1. The molecule has 19 heavy (non-hydrogen) atoms.